The molecule has 0 unspecified atom stereocenters. The van der Waals surface area contributed by atoms with Crippen LogP contribution < -0.4 is 5.32 Å². The number of nitrogens with one attached hydrogen (secondary N) is 1. The molecule has 11 heteroatoms. The fourth-order valence-corrected chi connectivity index (χ4v) is 4.03. The van der Waals surface area contributed by atoms with Gasteiger partial charge in [0.15, 0.2) is 0 Å². The van der Waals surface area contributed by atoms with Crippen molar-refractivity contribution in [3.8, 4) is 0 Å². The number of carbonyl (C=O) groups is 1. The number of urea groups is 1. The smallest absolute Gasteiger partial charge is 0.361 e. The van der Waals surface area contributed by atoms with Gasteiger partial charge in [0.25, 0.3) is 0 Å². The first kappa shape index (κ1) is 16.8. The molecule has 2 bridgehead atoms. The minimum Gasteiger partial charge on any atom is -0.361 e. The molecule has 4 heterocycles. The molecular weight excluding hydrogens is 352 g/mol. The van der Waals surface area contributed by atoms with E-state index >= 15 is 0 Å². The van der Waals surface area contributed by atoms with E-state index in [0.717, 1.165) is 36.8 Å². The van der Waals surface area contributed by atoms with Crippen molar-refractivity contribution in [2.45, 2.75) is 37.8 Å². The number of nitrogens with zero attached hydrogens (tertiary/aromatic N) is 3. The van der Waals surface area contributed by atoms with Gasteiger partial charge >= 0.3 is 16.4 Å². The predicted octanol–water partition coefficient (Wildman–Crippen LogP) is 0.502. The molecule has 0 aromatic carbocycles. The Morgan fingerprint density at radius 1 is 1.40 bits per heavy atom. The number of hydrogen-bond donors (Lipinski definition) is 2. The molecule has 0 radical (unpaired) electrons. The number of piperidine rings is 1. The van der Waals surface area contributed by atoms with Crippen molar-refractivity contribution in [3.63, 3.8) is 0 Å². The summed E-state index contributed by atoms with van der Waals surface area (Å²) in [6, 6.07) is 0.608. The van der Waals surface area contributed by atoms with Gasteiger partial charge in [-0.1, -0.05) is 5.16 Å². The first-order valence-electron chi connectivity index (χ1n) is 8.34. The molecule has 3 fully saturated rings. The van der Waals surface area contributed by atoms with E-state index in [1.807, 2.05) is 6.07 Å². The molecule has 1 aromatic rings. The highest BCUT2D eigenvalue weighted by Crippen LogP contribution is 2.38. The first-order chi connectivity index (χ1) is 11.9. The zero-order valence-electron chi connectivity index (χ0n) is 13.5. The minimum absolute atomic E-state index is 0.276. The lowest BCUT2D eigenvalue weighted by Gasteiger charge is -2.28. The van der Waals surface area contributed by atoms with Crippen LogP contribution in [0.5, 0.6) is 0 Å². The monoisotopic (exact) mass is 372 g/mol. The van der Waals surface area contributed by atoms with Gasteiger partial charge in [-0.25, -0.2) is 4.79 Å². The lowest BCUT2D eigenvalue weighted by Crippen LogP contribution is -2.42. The van der Waals surface area contributed by atoms with Crippen molar-refractivity contribution in [1.82, 2.24) is 20.4 Å². The van der Waals surface area contributed by atoms with Crippen LogP contribution in [0.2, 0.25) is 0 Å². The summed E-state index contributed by atoms with van der Waals surface area (Å²) < 4.78 is 40.5. The van der Waals surface area contributed by atoms with Crippen LogP contribution in [0.4, 0.5) is 4.79 Å². The number of aromatic nitrogens is 1. The molecule has 2 atom stereocenters. The summed E-state index contributed by atoms with van der Waals surface area (Å²) in [6.45, 7) is 2.41. The maximum absolute atomic E-state index is 12.4. The highest BCUT2D eigenvalue weighted by atomic mass is 32.3. The lowest BCUT2D eigenvalue weighted by molar-refractivity contribution is -0.0317. The quantitative estimate of drug-likeness (QED) is 0.692. The Morgan fingerprint density at radius 2 is 2.20 bits per heavy atom. The SMILES string of the molecule is O=C1N2C[C@@H](CC[C@H]2c2cc(CCC3CNC3)on2)N1OS(=O)(=O)O. The number of hydroxylamine groups is 2. The maximum atomic E-state index is 12.4. The Bertz CT molecular complexity index is 761. The second kappa shape index (κ2) is 6.24. The van der Waals surface area contributed by atoms with Gasteiger partial charge < -0.3 is 14.7 Å². The number of aryl methyl sites for hydroxylation is 1. The second-order valence-electron chi connectivity index (χ2n) is 6.79. The van der Waals surface area contributed by atoms with Crippen LogP contribution in [0.3, 0.4) is 0 Å². The van der Waals surface area contributed by atoms with Crippen LogP contribution in [-0.2, 0) is 21.1 Å². The average Bonchev–Trinajstić information content (AvgIpc) is 3.05. The van der Waals surface area contributed by atoms with Gasteiger partial charge in [0, 0.05) is 19.0 Å². The minimum atomic E-state index is -4.73. The molecule has 138 valence electrons. The van der Waals surface area contributed by atoms with E-state index < -0.39 is 22.5 Å². The van der Waals surface area contributed by atoms with Crippen LogP contribution in [0.1, 0.15) is 36.8 Å². The maximum Gasteiger partial charge on any atom is 0.418 e. The van der Waals surface area contributed by atoms with E-state index in [1.165, 1.54) is 4.90 Å². The Morgan fingerprint density at radius 3 is 2.88 bits per heavy atom. The number of carbonyl (C=O) groups excluding carboxylic acids is 1. The molecule has 0 saturated carbocycles. The third kappa shape index (κ3) is 3.36. The molecule has 3 saturated heterocycles. The normalized spacial score (nSPS) is 27.0. The second-order valence-corrected chi connectivity index (χ2v) is 7.80. The van der Waals surface area contributed by atoms with Crippen molar-refractivity contribution >= 4 is 16.4 Å². The molecule has 2 amide bonds. The van der Waals surface area contributed by atoms with Crippen molar-refractivity contribution < 1.29 is 26.6 Å². The molecule has 3 aliphatic rings. The summed E-state index contributed by atoms with van der Waals surface area (Å²) in [5.74, 6) is 1.47. The van der Waals surface area contributed by atoms with Crippen molar-refractivity contribution in [3.05, 3.63) is 17.5 Å². The van der Waals surface area contributed by atoms with Gasteiger partial charge in [-0.3, -0.25) is 4.55 Å². The number of fused-ring (bicyclic) bond motifs is 2. The Balaban J connectivity index is 1.43. The number of amides is 2. The summed E-state index contributed by atoms with van der Waals surface area (Å²) in [5.41, 5.74) is 0.669. The van der Waals surface area contributed by atoms with Gasteiger partial charge in [0.1, 0.15) is 11.5 Å². The predicted molar refractivity (Wildman–Crippen MR) is 83.5 cm³/mol. The van der Waals surface area contributed by atoms with Gasteiger partial charge in [-0.05, 0) is 38.3 Å². The summed E-state index contributed by atoms with van der Waals surface area (Å²) >= 11 is 0. The Labute approximate surface area is 145 Å². The topological polar surface area (TPSA) is 125 Å². The van der Waals surface area contributed by atoms with Crippen molar-refractivity contribution in [1.29, 1.82) is 0 Å². The van der Waals surface area contributed by atoms with E-state index in [0.29, 0.717) is 31.0 Å². The highest BCUT2D eigenvalue weighted by Gasteiger charge is 2.48. The fourth-order valence-electron chi connectivity index (χ4n) is 3.64. The van der Waals surface area contributed by atoms with E-state index in [-0.39, 0.29) is 6.04 Å². The molecule has 10 nitrogen and oxygen atoms in total. The van der Waals surface area contributed by atoms with Gasteiger partial charge in [-0.15, -0.1) is 4.28 Å². The summed E-state index contributed by atoms with van der Waals surface area (Å²) in [5, 5.41) is 8.07. The average molecular weight is 372 g/mol. The summed E-state index contributed by atoms with van der Waals surface area (Å²) in [4.78, 5) is 13.9. The third-order valence-corrected chi connectivity index (χ3v) is 5.43. The number of hydrogen-bond acceptors (Lipinski definition) is 7. The van der Waals surface area contributed by atoms with E-state index in [2.05, 4.69) is 14.8 Å². The molecule has 3 aliphatic heterocycles. The number of rotatable bonds is 6. The van der Waals surface area contributed by atoms with Crippen LogP contribution >= 0.6 is 0 Å². The van der Waals surface area contributed by atoms with E-state index in [9.17, 15) is 13.2 Å². The Kier molecular flexibility index (Phi) is 4.18. The van der Waals surface area contributed by atoms with Crippen LogP contribution in [0.15, 0.2) is 10.6 Å². The largest absolute Gasteiger partial charge is 0.418 e. The lowest BCUT2D eigenvalue weighted by atomic mass is 9.96. The summed E-state index contributed by atoms with van der Waals surface area (Å²) in [6.07, 6.45) is 3.02. The zero-order chi connectivity index (χ0) is 17.6. The highest BCUT2D eigenvalue weighted by molar-refractivity contribution is 7.80. The molecule has 4 rings (SSSR count). The van der Waals surface area contributed by atoms with Gasteiger partial charge in [0.05, 0.1) is 12.1 Å². The van der Waals surface area contributed by atoms with E-state index in [4.69, 9.17) is 9.08 Å². The van der Waals surface area contributed by atoms with Crippen molar-refractivity contribution in [2.24, 2.45) is 5.92 Å². The van der Waals surface area contributed by atoms with Crippen LogP contribution in [0.25, 0.3) is 0 Å². The summed E-state index contributed by atoms with van der Waals surface area (Å²) in [7, 11) is -4.73. The van der Waals surface area contributed by atoms with Gasteiger partial charge in [0.2, 0.25) is 0 Å². The zero-order valence-corrected chi connectivity index (χ0v) is 14.3. The molecule has 2 N–H and O–H groups in total. The Hall–Kier alpha value is -1.69. The van der Waals surface area contributed by atoms with Crippen molar-refractivity contribution in [2.75, 3.05) is 19.6 Å². The van der Waals surface area contributed by atoms with Crippen LogP contribution in [-0.4, -0.2) is 59.8 Å². The van der Waals surface area contributed by atoms with Crippen LogP contribution in [0, 0.1) is 5.92 Å². The first-order valence-corrected chi connectivity index (χ1v) is 9.70. The molecule has 1 aromatic heterocycles. The molecule has 25 heavy (non-hydrogen) atoms. The third-order valence-electron chi connectivity index (χ3n) is 5.08. The molecular formula is C14H20N4O6S. The molecule has 0 aliphatic carbocycles. The fraction of sp³-hybridized carbons (Fsp3) is 0.714. The standard InChI is InChI=1S/C14H20N4O6S/c19-14-17-8-10(18(14)24-25(20,21)22)2-4-13(17)12-5-11(23-16-12)3-1-9-6-15-7-9/h5,9-10,13,15H,1-4,6-8H2,(H,20,21,22)/t10-,13+/m1/s1. The van der Waals surface area contributed by atoms with Gasteiger partial charge in [-0.2, -0.15) is 13.5 Å². The van der Waals surface area contributed by atoms with E-state index in [1.54, 1.807) is 0 Å². The molecule has 0 spiro atoms.